The maximum atomic E-state index is 11.5. The maximum Gasteiger partial charge on any atom is 0.407 e. The van der Waals surface area contributed by atoms with Gasteiger partial charge in [-0.05, 0) is 12.0 Å². The highest BCUT2D eigenvalue weighted by atomic mass is 16.5. The van der Waals surface area contributed by atoms with Gasteiger partial charge in [0, 0.05) is 13.0 Å². The van der Waals surface area contributed by atoms with E-state index >= 15 is 0 Å². The Morgan fingerprint density at radius 2 is 1.91 bits per heavy atom. The van der Waals surface area contributed by atoms with Gasteiger partial charge in [0.25, 0.3) is 0 Å². The highest BCUT2D eigenvalue weighted by molar-refractivity contribution is 5.72. The van der Waals surface area contributed by atoms with Crippen LogP contribution < -0.4 is 5.32 Å². The first-order valence-corrected chi connectivity index (χ1v) is 7.44. The molecule has 1 aromatic carbocycles. The van der Waals surface area contributed by atoms with Crippen LogP contribution in [-0.2, 0) is 20.9 Å². The summed E-state index contributed by atoms with van der Waals surface area (Å²) in [6, 6.07) is 9.37. The summed E-state index contributed by atoms with van der Waals surface area (Å²) in [6.07, 6.45) is 2.17. The van der Waals surface area contributed by atoms with Crippen LogP contribution in [0.4, 0.5) is 4.79 Å². The summed E-state index contributed by atoms with van der Waals surface area (Å²) in [5.74, 6) is 0.0722. The number of ether oxygens (including phenoxy) is 2. The number of carbonyl (C=O) groups excluding carboxylic acids is 2. The Hall–Kier alpha value is -2.30. The molecule has 1 aromatic rings. The van der Waals surface area contributed by atoms with Crippen molar-refractivity contribution < 1.29 is 19.1 Å². The molecule has 0 bridgehead atoms. The van der Waals surface area contributed by atoms with Gasteiger partial charge in [0.2, 0.25) is 0 Å². The molecule has 5 heteroatoms. The Balaban J connectivity index is 2.11. The molecule has 22 heavy (non-hydrogen) atoms. The van der Waals surface area contributed by atoms with Gasteiger partial charge in [-0.15, -0.1) is 0 Å². The monoisotopic (exact) mass is 305 g/mol. The van der Waals surface area contributed by atoms with E-state index in [1.54, 1.807) is 0 Å². The first kappa shape index (κ1) is 17.8. The lowest BCUT2D eigenvalue weighted by atomic mass is 10.2. The summed E-state index contributed by atoms with van der Waals surface area (Å²) >= 11 is 0. The van der Waals surface area contributed by atoms with Crippen molar-refractivity contribution in [1.29, 1.82) is 0 Å². The fourth-order valence-electron chi connectivity index (χ4n) is 1.68. The molecule has 0 aromatic heterocycles. The van der Waals surface area contributed by atoms with E-state index in [2.05, 4.69) is 18.8 Å². The smallest absolute Gasteiger partial charge is 0.407 e. The van der Waals surface area contributed by atoms with Gasteiger partial charge in [-0.1, -0.05) is 50.3 Å². The minimum absolute atomic E-state index is 0.0889. The third-order valence-corrected chi connectivity index (χ3v) is 2.88. The van der Waals surface area contributed by atoms with Crippen LogP contribution in [0.1, 0.15) is 38.2 Å². The zero-order valence-corrected chi connectivity index (χ0v) is 13.0. The third-order valence-electron chi connectivity index (χ3n) is 2.88. The molecule has 0 spiro atoms. The van der Waals surface area contributed by atoms with E-state index in [0.717, 1.165) is 18.4 Å². The van der Waals surface area contributed by atoms with Crippen molar-refractivity contribution in [1.82, 2.24) is 5.32 Å². The number of nitrogens with one attached hydrogen (secondary N) is 1. The molecule has 0 aliphatic heterocycles. The zero-order valence-electron chi connectivity index (χ0n) is 13.0. The lowest BCUT2D eigenvalue weighted by molar-refractivity contribution is -0.139. The summed E-state index contributed by atoms with van der Waals surface area (Å²) < 4.78 is 10.1. The van der Waals surface area contributed by atoms with E-state index in [0.29, 0.717) is 12.2 Å². The van der Waals surface area contributed by atoms with Crippen molar-refractivity contribution in [3.05, 3.63) is 48.2 Å². The second-order valence-corrected chi connectivity index (χ2v) is 4.85. The number of esters is 1. The SMILES string of the molecule is C=C(CCCC)OC(=O)CCNC(=O)OCc1ccccc1. The lowest BCUT2D eigenvalue weighted by Gasteiger charge is -2.08. The van der Waals surface area contributed by atoms with Crippen LogP contribution >= 0.6 is 0 Å². The van der Waals surface area contributed by atoms with Gasteiger partial charge in [0.1, 0.15) is 12.4 Å². The molecule has 0 unspecified atom stereocenters. The first-order chi connectivity index (χ1) is 10.6. The summed E-state index contributed by atoms with van der Waals surface area (Å²) in [4.78, 5) is 23.0. The van der Waals surface area contributed by atoms with E-state index in [4.69, 9.17) is 9.47 Å². The molecule has 0 heterocycles. The standard InChI is InChI=1S/C17H23NO4/c1-3-4-8-14(2)22-16(19)11-12-18-17(20)21-13-15-9-6-5-7-10-15/h5-7,9-10H,2-4,8,11-13H2,1H3,(H,18,20). The van der Waals surface area contributed by atoms with Gasteiger partial charge >= 0.3 is 12.1 Å². The van der Waals surface area contributed by atoms with Crippen molar-refractivity contribution in [3.63, 3.8) is 0 Å². The van der Waals surface area contributed by atoms with Crippen LogP contribution in [0.5, 0.6) is 0 Å². The fraction of sp³-hybridized carbons (Fsp3) is 0.412. The summed E-state index contributed by atoms with van der Waals surface area (Å²) in [6.45, 7) is 6.11. The van der Waals surface area contributed by atoms with Crippen LogP contribution in [0.2, 0.25) is 0 Å². The predicted molar refractivity (Wildman–Crippen MR) is 84.0 cm³/mol. The molecular formula is C17H23NO4. The molecule has 5 nitrogen and oxygen atoms in total. The molecule has 0 aliphatic rings. The number of hydrogen-bond acceptors (Lipinski definition) is 4. The molecule has 0 radical (unpaired) electrons. The molecule has 1 amide bonds. The quantitative estimate of drug-likeness (QED) is 0.560. The highest BCUT2D eigenvalue weighted by Gasteiger charge is 2.07. The summed E-state index contributed by atoms with van der Waals surface area (Å²) in [5, 5.41) is 2.51. The Bertz CT molecular complexity index is 485. The number of amides is 1. The Kier molecular flexibility index (Phi) is 8.42. The number of benzene rings is 1. The van der Waals surface area contributed by atoms with Crippen molar-refractivity contribution in [3.8, 4) is 0 Å². The molecule has 0 fully saturated rings. The molecule has 0 saturated carbocycles. The van der Waals surface area contributed by atoms with Gasteiger partial charge in [-0.25, -0.2) is 4.79 Å². The zero-order chi connectivity index (χ0) is 16.2. The van der Waals surface area contributed by atoms with E-state index < -0.39 is 12.1 Å². The summed E-state index contributed by atoms with van der Waals surface area (Å²) in [7, 11) is 0. The average molecular weight is 305 g/mol. The van der Waals surface area contributed by atoms with Gasteiger partial charge in [0.15, 0.2) is 0 Å². The maximum absolute atomic E-state index is 11.5. The third kappa shape index (κ3) is 8.09. The van der Waals surface area contributed by atoms with Crippen molar-refractivity contribution >= 4 is 12.1 Å². The fourth-order valence-corrected chi connectivity index (χ4v) is 1.68. The number of carbonyl (C=O) groups is 2. The van der Waals surface area contributed by atoms with E-state index in [9.17, 15) is 9.59 Å². The second kappa shape index (κ2) is 10.4. The van der Waals surface area contributed by atoms with Crippen LogP contribution in [0, 0.1) is 0 Å². The minimum atomic E-state index is -0.554. The number of hydrogen-bond donors (Lipinski definition) is 1. The second-order valence-electron chi connectivity index (χ2n) is 4.85. The molecule has 1 rings (SSSR count). The molecular weight excluding hydrogens is 282 g/mol. The summed E-state index contributed by atoms with van der Waals surface area (Å²) in [5.41, 5.74) is 0.907. The van der Waals surface area contributed by atoms with E-state index in [1.807, 2.05) is 30.3 Å². The lowest BCUT2D eigenvalue weighted by Crippen LogP contribution is -2.27. The van der Waals surface area contributed by atoms with Gasteiger partial charge in [0.05, 0.1) is 6.42 Å². The van der Waals surface area contributed by atoms with Crippen molar-refractivity contribution in [2.45, 2.75) is 39.2 Å². The van der Waals surface area contributed by atoms with Crippen LogP contribution in [0.25, 0.3) is 0 Å². The van der Waals surface area contributed by atoms with E-state index in [1.165, 1.54) is 0 Å². The Morgan fingerprint density at radius 1 is 1.18 bits per heavy atom. The van der Waals surface area contributed by atoms with Gasteiger partial charge in [-0.3, -0.25) is 4.79 Å². The first-order valence-electron chi connectivity index (χ1n) is 7.44. The van der Waals surface area contributed by atoms with Gasteiger partial charge < -0.3 is 14.8 Å². The van der Waals surface area contributed by atoms with Gasteiger partial charge in [-0.2, -0.15) is 0 Å². The highest BCUT2D eigenvalue weighted by Crippen LogP contribution is 2.07. The van der Waals surface area contributed by atoms with E-state index in [-0.39, 0.29) is 19.6 Å². The molecule has 0 saturated heterocycles. The predicted octanol–water partition coefficient (Wildman–Crippen LogP) is 3.55. The van der Waals surface area contributed by atoms with Crippen molar-refractivity contribution in [2.24, 2.45) is 0 Å². The molecule has 1 N–H and O–H groups in total. The number of unbranched alkanes of at least 4 members (excludes halogenated alkanes) is 1. The average Bonchev–Trinajstić information content (AvgIpc) is 2.52. The Morgan fingerprint density at radius 3 is 2.59 bits per heavy atom. The minimum Gasteiger partial charge on any atom is -0.445 e. The van der Waals surface area contributed by atoms with Crippen molar-refractivity contribution in [2.75, 3.05) is 6.54 Å². The van der Waals surface area contributed by atoms with Crippen LogP contribution in [0.3, 0.4) is 0 Å². The normalized spacial score (nSPS) is 9.86. The van der Waals surface area contributed by atoms with Crippen LogP contribution in [0.15, 0.2) is 42.7 Å². The topological polar surface area (TPSA) is 64.6 Å². The largest absolute Gasteiger partial charge is 0.445 e. The van der Waals surface area contributed by atoms with Crippen LogP contribution in [-0.4, -0.2) is 18.6 Å². The number of alkyl carbamates (subject to hydrolysis) is 1. The molecule has 0 atom stereocenters. The molecule has 0 aliphatic carbocycles. The number of rotatable bonds is 9. The number of allylic oxidation sites excluding steroid dienone is 1. The molecule has 120 valence electrons. The Labute approximate surface area is 131 Å².